The number of aliphatic hydroxyl groups excluding tert-OH is 2. The molecule has 0 heterocycles. The minimum Gasteiger partial charge on any atom is -0.466 e. The summed E-state index contributed by atoms with van der Waals surface area (Å²) in [5, 5.41) is 23.2. The van der Waals surface area contributed by atoms with Crippen LogP contribution in [-0.2, 0) is 14.3 Å². The fourth-order valence-corrected chi connectivity index (χ4v) is 11.1. The first-order valence-electron chi connectivity index (χ1n) is 34.4. The van der Waals surface area contributed by atoms with Crippen LogP contribution in [0.4, 0.5) is 0 Å². The van der Waals surface area contributed by atoms with Gasteiger partial charge in [0.1, 0.15) is 0 Å². The maximum absolute atomic E-state index is 12.4. The first kappa shape index (κ1) is 73.6. The standard InChI is InChI=1S/C69H135NO5/c1-3-5-7-9-11-13-15-16-17-33-37-40-43-47-51-55-59-63-69(74)75-64-60-56-52-48-44-41-38-35-32-30-28-26-24-22-20-18-19-21-23-25-27-29-31-34-36-39-42-46-50-54-58-62-68(73)70-66(65-71)67(72)61-57-53-49-45-14-12-10-8-6-4-2/h16-17,66-67,71-72H,3-15,18-65H2,1-2H3,(H,70,73)/b17-16-. The zero-order valence-corrected chi connectivity index (χ0v) is 51.1. The normalized spacial score (nSPS) is 12.5. The van der Waals surface area contributed by atoms with Gasteiger partial charge in [-0.3, -0.25) is 9.59 Å². The SMILES string of the molecule is CCCCCCCC/C=C\CCCCCCCCCC(=O)OCCCCCCCCCCCCCCCCCCCCCCCCCCCCCCCCCC(=O)NC(CO)C(O)CCCCCCCCCCCC. The second-order valence-electron chi connectivity index (χ2n) is 23.9. The molecule has 0 spiro atoms. The summed E-state index contributed by atoms with van der Waals surface area (Å²) >= 11 is 0. The number of rotatable bonds is 65. The lowest BCUT2D eigenvalue weighted by molar-refractivity contribution is -0.143. The van der Waals surface area contributed by atoms with Gasteiger partial charge < -0.3 is 20.3 Å². The number of carbonyl (C=O) groups excluding carboxylic acids is 2. The largest absolute Gasteiger partial charge is 0.466 e. The molecule has 2 atom stereocenters. The maximum Gasteiger partial charge on any atom is 0.305 e. The third-order valence-electron chi connectivity index (χ3n) is 16.3. The minimum atomic E-state index is -0.658. The highest BCUT2D eigenvalue weighted by Gasteiger charge is 2.20. The molecule has 0 aliphatic rings. The second kappa shape index (κ2) is 65.1. The highest BCUT2D eigenvalue weighted by atomic mass is 16.5. The monoisotopic (exact) mass is 1060 g/mol. The number of amides is 1. The molecule has 0 saturated carbocycles. The fourth-order valence-electron chi connectivity index (χ4n) is 11.1. The lowest BCUT2D eigenvalue weighted by Gasteiger charge is -2.22. The first-order chi connectivity index (χ1) is 37.0. The topological polar surface area (TPSA) is 95.9 Å². The Labute approximate surface area is 469 Å². The number of carbonyl (C=O) groups is 2. The number of allylic oxidation sites excluding steroid dienone is 2. The fraction of sp³-hybridized carbons (Fsp3) is 0.942. The number of aliphatic hydroxyl groups is 2. The van der Waals surface area contributed by atoms with Crippen molar-refractivity contribution in [2.24, 2.45) is 0 Å². The minimum absolute atomic E-state index is 0.0181. The van der Waals surface area contributed by atoms with Gasteiger partial charge in [-0.2, -0.15) is 0 Å². The first-order valence-corrected chi connectivity index (χ1v) is 34.4. The summed E-state index contributed by atoms with van der Waals surface area (Å²) in [5.74, 6) is -0.0123. The molecule has 2 unspecified atom stereocenters. The van der Waals surface area contributed by atoms with Crippen LogP contribution in [0.3, 0.4) is 0 Å². The lowest BCUT2D eigenvalue weighted by atomic mass is 10.0. The predicted molar refractivity (Wildman–Crippen MR) is 329 cm³/mol. The van der Waals surface area contributed by atoms with E-state index in [1.807, 2.05) is 0 Å². The molecule has 0 aromatic rings. The summed E-state index contributed by atoms with van der Waals surface area (Å²) in [6.45, 7) is 4.97. The quantitative estimate of drug-likeness (QED) is 0.0320. The van der Waals surface area contributed by atoms with Gasteiger partial charge in [0.05, 0.1) is 25.4 Å². The van der Waals surface area contributed by atoms with Gasteiger partial charge in [0.25, 0.3) is 0 Å². The van der Waals surface area contributed by atoms with E-state index < -0.39 is 12.1 Å². The van der Waals surface area contributed by atoms with Gasteiger partial charge in [-0.05, 0) is 51.4 Å². The van der Waals surface area contributed by atoms with Gasteiger partial charge in [0.2, 0.25) is 5.91 Å². The van der Waals surface area contributed by atoms with Crippen LogP contribution < -0.4 is 5.32 Å². The molecular weight excluding hydrogens is 923 g/mol. The average Bonchev–Trinajstić information content (AvgIpc) is 3.41. The molecule has 0 aromatic heterocycles. The summed E-state index contributed by atoms with van der Waals surface area (Å²) in [4.78, 5) is 24.5. The van der Waals surface area contributed by atoms with Crippen LogP contribution in [0.25, 0.3) is 0 Å². The summed E-state index contributed by atoms with van der Waals surface area (Å²) in [7, 11) is 0. The molecular formula is C69H135NO5. The van der Waals surface area contributed by atoms with Crippen molar-refractivity contribution in [3.8, 4) is 0 Å². The third-order valence-corrected chi connectivity index (χ3v) is 16.3. The van der Waals surface area contributed by atoms with E-state index in [1.165, 1.54) is 315 Å². The molecule has 0 aliphatic carbocycles. The Balaban J connectivity index is 3.28. The maximum atomic E-state index is 12.4. The van der Waals surface area contributed by atoms with Gasteiger partial charge in [0.15, 0.2) is 0 Å². The van der Waals surface area contributed by atoms with E-state index in [0.29, 0.717) is 25.9 Å². The second-order valence-corrected chi connectivity index (χ2v) is 23.9. The van der Waals surface area contributed by atoms with Gasteiger partial charge in [-0.1, -0.05) is 341 Å². The highest BCUT2D eigenvalue weighted by Crippen LogP contribution is 2.19. The summed E-state index contributed by atoms with van der Waals surface area (Å²) in [5.41, 5.74) is 0. The van der Waals surface area contributed by atoms with E-state index in [2.05, 4.69) is 31.3 Å². The smallest absolute Gasteiger partial charge is 0.305 e. The van der Waals surface area contributed by atoms with Crippen molar-refractivity contribution < 1.29 is 24.5 Å². The van der Waals surface area contributed by atoms with Crippen molar-refractivity contribution in [1.29, 1.82) is 0 Å². The van der Waals surface area contributed by atoms with Crippen molar-refractivity contribution in [3.05, 3.63) is 12.2 Å². The average molecular weight is 1060 g/mol. The van der Waals surface area contributed by atoms with Crippen LogP contribution in [-0.4, -0.2) is 47.4 Å². The van der Waals surface area contributed by atoms with E-state index in [9.17, 15) is 19.8 Å². The van der Waals surface area contributed by atoms with E-state index in [1.54, 1.807) is 0 Å². The van der Waals surface area contributed by atoms with Gasteiger partial charge in [-0.15, -0.1) is 0 Å². The summed E-state index contributed by atoms with van der Waals surface area (Å²) in [6, 6.07) is -0.535. The molecule has 0 bridgehead atoms. The van der Waals surface area contributed by atoms with Crippen molar-refractivity contribution in [1.82, 2.24) is 5.32 Å². The predicted octanol–water partition coefficient (Wildman–Crippen LogP) is 22.0. The van der Waals surface area contributed by atoms with Crippen LogP contribution in [0.15, 0.2) is 12.2 Å². The molecule has 1 amide bonds. The van der Waals surface area contributed by atoms with Crippen molar-refractivity contribution in [2.45, 2.75) is 405 Å². The van der Waals surface area contributed by atoms with Crippen LogP contribution in [0.1, 0.15) is 393 Å². The summed E-state index contributed by atoms with van der Waals surface area (Å²) < 4.78 is 5.50. The van der Waals surface area contributed by atoms with Gasteiger partial charge in [-0.25, -0.2) is 0 Å². The van der Waals surface area contributed by atoms with Crippen LogP contribution in [0.2, 0.25) is 0 Å². The Morgan fingerprint density at radius 3 is 0.947 bits per heavy atom. The van der Waals surface area contributed by atoms with Gasteiger partial charge in [0, 0.05) is 12.8 Å². The molecule has 0 aliphatic heterocycles. The number of hydrogen-bond acceptors (Lipinski definition) is 5. The van der Waals surface area contributed by atoms with Crippen molar-refractivity contribution >= 4 is 11.9 Å². The van der Waals surface area contributed by atoms with Crippen LogP contribution in [0.5, 0.6) is 0 Å². The Morgan fingerprint density at radius 2 is 0.627 bits per heavy atom. The Kier molecular flexibility index (Phi) is 63.9. The molecule has 75 heavy (non-hydrogen) atoms. The molecule has 0 radical (unpaired) electrons. The van der Waals surface area contributed by atoms with E-state index >= 15 is 0 Å². The van der Waals surface area contributed by atoms with Crippen LogP contribution >= 0.6 is 0 Å². The number of unbranched alkanes of at least 4 members (excludes halogenated alkanes) is 52. The molecule has 0 rings (SSSR count). The number of nitrogens with one attached hydrogen (secondary N) is 1. The molecule has 0 saturated heterocycles. The molecule has 0 aromatic carbocycles. The zero-order chi connectivity index (χ0) is 54.3. The van der Waals surface area contributed by atoms with E-state index in [-0.39, 0.29) is 18.5 Å². The Bertz CT molecular complexity index is 1130. The summed E-state index contributed by atoms with van der Waals surface area (Å²) in [6.07, 6.45) is 79.9. The highest BCUT2D eigenvalue weighted by molar-refractivity contribution is 5.76. The van der Waals surface area contributed by atoms with Gasteiger partial charge >= 0.3 is 5.97 Å². The molecule has 446 valence electrons. The Hall–Kier alpha value is -1.40. The number of esters is 1. The third kappa shape index (κ3) is 61.7. The van der Waals surface area contributed by atoms with Crippen molar-refractivity contribution in [3.63, 3.8) is 0 Å². The molecule has 6 heteroatoms. The molecule has 3 N–H and O–H groups in total. The number of hydrogen-bond donors (Lipinski definition) is 3. The van der Waals surface area contributed by atoms with E-state index in [4.69, 9.17) is 4.74 Å². The lowest BCUT2D eigenvalue weighted by Crippen LogP contribution is -2.45. The molecule has 0 fully saturated rings. The van der Waals surface area contributed by atoms with Crippen molar-refractivity contribution in [2.75, 3.05) is 13.2 Å². The van der Waals surface area contributed by atoms with Crippen LogP contribution in [0, 0.1) is 0 Å². The number of ether oxygens (including phenoxy) is 1. The zero-order valence-electron chi connectivity index (χ0n) is 51.1. The Morgan fingerprint density at radius 1 is 0.360 bits per heavy atom. The molecule has 6 nitrogen and oxygen atoms in total. The van der Waals surface area contributed by atoms with E-state index in [0.717, 1.165) is 44.9 Å².